The Balaban J connectivity index is 1.84. The fraction of sp³-hybridized carbons (Fsp3) is 0.500. The first-order valence-corrected chi connectivity index (χ1v) is 9.33. The highest BCUT2D eigenvalue weighted by molar-refractivity contribution is 5.85. The van der Waals surface area contributed by atoms with Crippen LogP contribution in [0.15, 0.2) is 30.5 Å². The van der Waals surface area contributed by atoms with Crippen molar-refractivity contribution in [1.82, 2.24) is 10.6 Å². The maximum Gasteiger partial charge on any atom is 0.319 e. The van der Waals surface area contributed by atoms with Gasteiger partial charge in [0.15, 0.2) is 11.5 Å². The third-order valence-electron chi connectivity index (χ3n) is 5.17. The number of carbonyl (C=O) groups is 2. The molecule has 0 radical (unpaired) electrons. The molecule has 1 saturated carbocycles. The quantitative estimate of drug-likeness (QED) is 0.556. The molecule has 27 heavy (non-hydrogen) atoms. The Kier molecular flexibility index (Phi) is 5.88. The molecule has 0 aromatic heterocycles. The fourth-order valence-electron chi connectivity index (χ4n) is 3.72. The number of hydrogen-bond acceptors (Lipinski definition) is 5. The molecular formula is C20H26N2O5. The van der Waals surface area contributed by atoms with Crippen molar-refractivity contribution in [3.63, 3.8) is 0 Å². The van der Waals surface area contributed by atoms with Crippen molar-refractivity contribution < 1.29 is 24.2 Å². The first-order chi connectivity index (χ1) is 13.0. The number of phenolic OH excluding ortho intramolecular Hbond substituents is 1. The van der Waals surface area contributed by atoms with Crippen molar-refractivity contribution in [2.45, 2.75) is 50.7 Å². The predicted octanol–water partition coefficient (Wildman–Crippen LogP) is 3.15. The molecule has 2 atom stereocenters. The van der Waals surface area contributed by atoms with Crippen LogP contribution in [0.25, 0.3) is 0 Å². The van der Waals surface area contributed by atoms with Crippen LogP contribution in [0.5, 0.6) is 11.5 Å². The van der Waals surface area contributed by atoms with Gasteiger partial charge in [0.25, 0.3) is 0 Å². The highest BCUT2D eigenvalue weighted by Gasteiger charge is 2.40. The van der Waals surface area contributed by atoms with Crippen LogP contribution in [-0.4, -0.2) is 30.3 Å². The number of ether oxygens (including phenoxy) is 2. The van der Waals surface area contributed by atoms with Gasteiger partial charge in [-0.2, -0.15) is 0 Å². The Labute approximate surface area is 158 Å². The molecule has 7 nitrogen and oxygen atoms in total. The number of methoxy groups -OCH3 is 1. The number of esters is 1. The Morgan fingerprint density at radius 1 is 1.22 bits per heavy atom. The van der Waals surface area contributed by atoms with Gasteiger partial charge in [0.05, 0.1) is 13.2 Å². The Morgan fingerprint density at radius 3 is 2.59 bits per heavy atom. The van der Waals surface area contributed by atoms with E-state index in [4.69, 9.17) is 9.47 Å². The monoisotopic (exact) mass is 374 g/mol. The Bertz CT molecular complexity index is 725. The van der Waals surface area contributed by atoms with Gasteiger partial charge in [-0.1, -0.05) is 25.5 Å². The molecule has 2 unspecified atom stereocenters. The van der Waals surface area contributed by atoms with Crippen molar-refractivity contribution in [3.8, 4) is 11.5 Å². The first-order valence-electron chi connectivity index (χ1n) is 9.33. The van der Waals surface area contributed by atoms with Gasteiger partial charge in [0, 0.05) is 5.70 Å². The van der Waals surface area contributed by atoms with E-state index in [0.717, 1.165) is 38.5 Å². The molecular weight excluding hydrogens is 348 g/mol. The zero-order valence-electron chi connectivity index (χ0n) is 15.5. The average molecular weight is 374 g/mol. The summed E-state index contributed by atoms with van der Waals surface area (Å²) in [5.41, 5.74) is 0.929. The maximum absolute atomic E-state index is 12.9. The number of hydrogen-bond donors (Lipinski definition) is 3. The minimum atomic E-state index is -0.764. The smallest absolute Gasteiger partial charge is 0.319 e. The highest BCUT2D eigenvalue weighted by Crippen LogP contribution is 2.36. The van der Waals surface area contributed by atoms with Crippen molar-refractivity contribution >= 4 is 12.0 Å². The zero-order valence-corrected chi connectivity index (χ0v) is 15.5. The second-order valence-electron chi connectivity index (χ2n) is 7.06. The lowest BCUT2D eigenvalue weighted by atomic mass is 9.88. The third-order valence-corrected chi connectivity index (χ3v) is 5.17. The number of carbonyl (C=O) groups excluding carboxylic acids is 2. The van der Waals surface area contributed by atoms with E-state index in [1.807, 2.05) is 0 Å². The van der Waals surface area contributed by atoms with Gasteiger partial charge in [-0.3, -0.25) is 4.79 Å². The van der Waals surface area contributed by atoms with Crippen molar-refractivity contribution in [3.05, 3.63) is 36.0 Å². The van der Waals surface area contributed by atoms with E-state index in [-0.39, 0.29) is 17.6 Å². The van der Waals surface area contributed by atoms with Crippen molar-refractivity contribution in [2.75, 3.05) is 7.11 Å². The van der Waals surface area contributed by atoms with Crippen LogP contribution in [0.2, 0.25) is 0 Å². The van der Waals surface area contributed by atoms with Gasteiger partial charge in [-0.25, -0.2) is 4.79 Å². The lowest BCUT2D eigenvalue weighted by molar-refractivity contribution is -0.154. The predicted molar refractivity (Wildman–Crippen MR) is 99.3 cm³/mol. The summed E-state index contributed by atoms with van der Waals surface area (Å²) in [5.74, 6) is -0.920. The van der Waals surface area contributed by atoms with Gasteiger partial charge in [0.1, 0.15) is 12.0 Å². The van der Waals surface area contributed by atoms with E-state index in [1.165, 1.54) is 13.2 Å². The molecule has 1 aromatic carbocycles. The molecule has 0 spiro atoms. The van der Waals surface area contributed by atoms with Crippen LogP contribution < -0.4 is 15.4 Å². The van der Waals surface area contributed by atoms with Gasteiger partial charge in [-0.15, -0.1) is 0 Å². The molecule has 1 heterocycles. The topological polar surface area (TPSA) is 96.9 Å². The van der Waals surface area contributed by atoms with Crippen LogP contribution >= 0.6 is 0 Å². The highest BCUT2D eigenvalue weighted by atomic mass is 16.5. The molecule has 2 amide bonds. The number of aromatic hydroxyl groups is 1. The van der Waals surface area contributed by atoms with Crippen molar-refractivity contribution in [2.24, 2.45) is 5.92 Å². The lowest BCUT2D eigenvalue weighted by Gasteiger charge is -2.34. The summed E-state index contributed by atoms with van der Waals surface area (Å²) in [5, 5.41) is 15.2. The number of phenols is 1. The van der Waals surface area contributed by atoms with E-state index in [0.29, 0.717) is 11.3 Å². The second-order valence-corrected chi connectivity index (χ2v) is 7.06. The number of urea groups is 1. The Hall–Kier alpha value is -2.70. The summed E-state index contributed by atoms with van der Waals surface area (Å²) in [7, 11) is 1.44. The fourth-order valence-corrected chi connectivity index (χ4v) is 3.72. The number of rotatable bonds is 4. The molecule has 3 N–H and O–H groups in total. The largest absolute Gasteiger partial charge is 0.504 e. The summed E-state index contributed by atoms with van der Waals surface area (Å²) in [4.78, 5) is 24.9. The van der Waals surface area contributed by atoms with Gasteiger partial charge in [0.2, 0.25) is 0 Å². The van der Waals surface area contributed by atoms with E-state index in [2.05, 4.69) is 17.2 Å². The molecule has 1 saturated heterocycles. The van der Waals surface area contributed by atoms with Crippen LogP contribution in [0, 0.1) is 5.92 Å². The van der Waals surface area contributed by atoms with Crippen LogP contribution in [-0.2, 0) is 9.53 Å². The van der Waals surface area contributed by atoms with Gasteiger partial charge >= 0.3 is 12.0 Å². The maximum atomic E-state index is 12.9. The van der Waals surface area contributed by atoms with Gasteiger partial charge < -0.3 is 25.2 Å². The summed E-state index contributed by atoms with van der Waals surface area (Å²) in [6, 6.07) is 3.63. The third kappa shape index (κ3) is 4.35. The molecule has 3 rings (SSSR count). The minimum absolute atomic E-state index is 0.0158. The molecule has 0 bridgehead atoms. The van der Waals surface area contributed by atoms with Crippen LogP contribution in [0.3, 0.4) is 0 Å². The standard InChI is InChI=1S/C20H26N2O5/c1-12-17(19(24)27-14-7-5-3-4-6-8-14)18(22-20(25)21-12)13-9-10-15(23)16(11-13)26-2/h9-11,14,17-18,23H,1,3-8H2,2H3,(H2,21,22,25). The number of benzene rings is 1. The number of amides is 2. The summed E-state index contributed by atoms with van der Waals surface area (Å²) in [6.45, 7) is 3.86. The molecule has 7 heteroatoms. The zero-order chi connectivity index (χ0) is 19.4. The number of nitrogens with one attached hydrogen (secondary N) is 2. The van der Waals surface area contributed by atoms with E-state index in [1.54, 1.807) is 12.1 Å². The average Bonchev–Trinajstić information content (AvgIpc) is 2.90. The normalized spacial score (nSPS) is 23.7. The van der Waals surface area contributed by atoms with Crippen molar-refractivity contribution in [1.29, 1.82) is 0 Å². The van der Waals surface area contributed by atoms with Crippen LogP contribution in [0.4, 0.5) is 4.79 Å². The molecule has 1 aliphatic carbocycles. The van der Waals surface area contributed by atoms with E-state index >= 15 is 0 Å². The SMILES string of the molecule is C=C1NC(=O)NC(c2ccc(O)c(OC)c2)C1C(=O)OC1CCCCCC1. The molecule has 146 valence electrons. The van der Waals surface area contributed by atoms with E-state index < -0.39 is 24.0 Å². The van der Waals surface area contributed by atoms with E-state index in [9.17, 15) is 14.7 Å². The summed E-state index contributed by atoms with van der Waals surface area (Å²) < 4.78 is 10.9. The molecule has 1 aliphatic heterocycles. The first kappa shape index (κ1) is 19.1. The summed E-state index contributed by atoms with van der Waals surface area (Å²) >= 11 is 0. The lowest BCUT2D eigenvalue weighted by Crippen LogP contribution is -2.51. The van der Waals surface area contributed by atoms with Gasteiger partial charge in [-0.05, 0) is 43.4 Å². The second kappa shape index (κ2) is 8.33. The summed E-state index contributed by atoms with van der Waals surface area (Å²) in [6.07, 6.45) is 6.06. The van der Waals surface area contributed by atoms with Crippen LogP contribution in [0.1, 0.15) is 50.1 Å². The molecule has 2 fully saturated rings. The Morgan fingerprint density at radius 2 is 1.93 bits per heavy atom. The molecule has 2 aliphatic rings. The molecule has 1 aromatic rings. The minimum Gasteiger partial charge on any atom is -0.504 e.